The van der Waals surface area contributed by atoms with E-state index in [-0.39, 0.29) is 11.1 Å². The molecule has 1 aliphatic heterocycles. The molecule has 0 aliphatic carbocycles. The molecule has 9 heteroatoms. The SMILES string of the molecule is Cc1nc(S(=O)(=O)N2CC[C@H](n3nccn3)C2)cn1C. The van der Waals surface area contributed by atoms with Gasteiger partial charge in [0.05, 0.1) is 18.4 Å². The van der Waals surface area contributed by atoms with E-state index < -0.39 is 10.0 Å². The lowest BCUT2D eigenvalue weighted by Gasteiger charge is -2.14. The molecule has 0 amide bonds. The number of hydrogen-bond donors (Lipinski definition) is 0. The topological polar surface area (TPSA) is 85.9 Å². The van der Waals surface area contributed by atoms with Crippen LogP contribution in [0.5, 0.6) is 0 Å². The summed E-state index contributed by atoms with van der Waals surface area (Å²) >= 11 is 0. The molecule has 0 unspecified atom stereocenters. The summed E-state index contributed by atoms with van der Waals surface area (Å²) in [7, 11) is -1.75. The van der Waals surface area contributed by atoms with Crippen LogP contribution in [0.2, 0.25) is 0 Å². The molecule has 3 rings (SSSR count). The molecule has 0 saturated carbocycles. The Balaban J connectivity index is 1.83. The van der Waals surface area contributed by atoms with Crippen LogP contribution < -0.4 is 0 Å². The monoisotopic (exact) mass is 296 g/mol. The van der Waals surface area contributed by atoms with Gasteiger partial charge in [0.1, 0.15) is 5.82 Å². The molecule has 0 N–H and O–H groups in total. The molecule has 2 aromatic heterocycles. The fourth-order valence-corrected chi connectivity index (χ4v) is 3.83. The minimum Gasteiger partial charge on any atom is -0.337 e. The summed E-state index contributed by atoms with van der Waals surface area (Å²) < 4.78 is 28.2. The quantitative estimate of drug-likeness (QED) is 0.793. The molecule has 3 heterocycles. The van der Waals surface area contributed by atoms with Crippen LogP contribution in [-0.4, -0.2) is 50.4 Å². The van der Waals surface area contributed by atoms with Crippen molar-refractivity contribution in [3.63, 3.8) is 0 Å². The van der Waals surface area contributed by atoms with Gasteiger partial charge >= 0.3 is 0 Å². The number of aryl methyl sites for hydroxylation is 2. The third-order valence-electron chi connectivity index (χ3n) is 3.58. The van der Waals surface area contributed by atoms with Crippen LogP contribution in [0.3, 0.4) is 0 Å². The third kappa shape index (κ3) is 2.12. The van der Waals surface area contributed by atoms with Gasteiger partial charge in [0, 0.05) is 26.3 Å². The summed E-state index contributed by atoms with van der Waals surface area (Å²) in [6.45, 7) is 2.62. The average Bonchev–Trinajstić information content (AvgIpc) is 3.10. The predicted octanol–water partition coefficient (Wildman–Crippen LogP) is -0.0443. The van der Waals surface area contributed by atoms with E-state index in [0.29, 0.717) is 25.3 Å². The number of hydrogen-bond acceptors (Lipinski definition) is 5. The highest BCUT2D eigenvalue weighted by atomic mass is 32.2. The Bertz CT molecular complexity index is 686. The second-order valence-electron chi connectivity index (χ2n) is 4.89. The van der Waals surface area contributed by atoms with Gasteiger partial charge in [0.2, 0.25) is 0 Å². The van der Waals surface area contributed by atoms with Crippen LogP contribution in [0, 0.1) is 6.92 Å². The fraction of sp³-hybridized carbons (Fsp3) is 0.545. The molecule has 1 fully saturated rings. The van der Waals surface area contributed by atoms with Gasteiger partial charge in [-0.1, -0.05) is 0 Å². The molecule has 8 nitrogen and oxygen atoms in total. The highest BCUT2D eigenvalue weighted by molar-refractivity contribution is 7.89. The molecular weight excluding hydrogens is 280 g/mol. The van der Waals surface area contributed by atoms with Crippen molar-refractivity contribution in [1.29, 1.82) is 0 Å². The number of aromatic nitrogens is 5. The summed E-state index contributed by atoms with van der Waals surface area (Å²) in [5, 5.41) is 8.24. The lowest BCUT2D eigenvalue weighted by atomic mass is 10.3. The minimum atomic E-state index is -3.53. The third-order valence-corrected chi connectivity index (χ3v) is 5.32. The Labute approximate surface area is 117 Å². The van der Waals surface area contributed by atoms with Gasteiger partial charge < -0.3 is 4.57 Å². The van der Waals surface area contributed by atoms with Gasteiger partial charge in [0.25, 0.3) is 10.0 Å². The Kier molecular flexibility index (Phi) is 3.09. The summed E-state index contributed by atoms with van der Waals surface area (Å²) in [6, 6.07) is -0.00964. The Morgan fingerprint density at radius 1 is 1.30 bits per heavy atom. The van der Waals surface area contributed by atoms with Crippen molar-refractivity contribution in [2.24, 2.45) is 7.05 Å². The summed E-state index contributed by atoms with van der Waals surface area (Å²) in [5.41, 5.74) is 0. The van der Waals surface area contributed by atoms with E-state index in [1.807, 2.05) is 0 Å². The van der Waals surface area contributed by atoms with Crippen LogP contribution in [0.1, 0.15) is 18.3 Å². The maximum atomic E-state index is 12.5. The lowest BCUT2D eigenvalue weighted by Crippen LogP contribution is -2.29. The molecule has 108 valence electrons. The number of imidazole rings is 1. The van der Waals surface area contributed by atoms with Gasteiger partial charge in [-0.3, -0.25) is 0 Å². The molecular formula is C11H16N6O2S. The molecule has 1 aliphatic rings. The maximum Gasteiger partial charge on any atom is 0.262 e. The summed E-state index contributed by atoms with van der Waals surface area (Å²) in [5.74, 6) is 0.674. The Morgan fingerprint density at radius 2 is 2.00 bits per heavy atom. The first-order valence-corrected chi connectivity index (χ1v) is 7.78. The van der Waals surface area contributed by atoms with Crippen molar-refractivity contribution in [2.45, 2.75) is 24.4 Å². The first kappa shape index (κ1) is 13.3. The van der Waals surface area contributed by atoms with Gasteiger partial charge in [-0.25, -0.2) is 13.4 Å². The van der Waals surface area contributed by atoms with E-state index >= 15 is 0 Å². The predicted molar refractivity (Wildman–Crippen MR) is 70.4 cm³/mol. The molecule has 1 atom stereocenters. The maximum absolute atomic E-state index is 12.5. The van der Waals surface area contributed by atoms with Gasteiger partial charge in [-0.2, -0.15) is 19.3 Å². The summed E-state index contributed by atoms with van der Waals surface area (Å²) in [4.78, 5) is 5.68. The van der Waals surface area contributed by atoms with Crippen LogP contribution in [0.15, 0.2) is 23.6 Å². The van der Waals surface area contributed by atoms with Gasteiger partial charge in [-0.15, -0.1) is 0 Å². The van der Waals surface area contributed by atoms with Crippen molar-refractivity contribution < 1.29 is 8.42 Å². The van der Waals surface area contributed by atoms with Crippen LogP contribution in [-0.2, 0) is 17.1 Å². The van der Waals surface area contributed by atoms with Gasteiger partial charge in [-0.05, 0) is 13.3 Å². The molecule has 0 spiro atoms. The van der Waals surface area contributed by atoms with E-state index in [4.69, 9.17) is 0 Å². The average molecular weight is 296 g/mol. The minimum absolute atomic E-state index is 0.00964. The second-order valence-corrected chi connectivity index (χ2v) is 6.78. The smallest absolute Gasteiger partial charge is 0.262 e. The van der Waals surface area contributed by atoms with Crippen LogP contribution >= 0.6 is 0 Å². The number of nitrogens with zero attached hydrogens (tertiary/aromatic N) is 6. The van der Waals surface area contributed by atoms with Crippen LogP contribution in [0.25, 0.3) is 0 Å². The first-order chi connectivity index (χ1) is 9.48. The molecule has 20 heavy (non-hydrogen) atoms. The molecule has 0 bridgehead atoms. The van der Waals surface area contributed by atoms with E-state index in [1.165, 1.54) is 4.31 Å². The van der Waals surface area contributed by atoms with Crippen LogP contribution in [0.4, 0.5) is 0 Å². The normalized spacial score (nSPS) is 20.6. The van der Waals surface area contributed by atoms with E-state index in [9.17, 15) is 8.42 Å². The van der Waals surface area contributed by atoms with E-state index in [1.54, 1.807) is 41.9 Å². The van der Waals surface area contributed by atoms with Crippen molar-refractivity contribution in [2.75, 3.05) is 13.1 Å². The van der Waals surface area contributed by atoms with Gasteiger partial charge in [0.15, 0.2) is 5.03 Å². The second kappa shape index (κ2) is 4.67. The Hall–Kier alpha value is -1.74. The van der Waals surface area contributed by atoms with E-state index in [0.717, 1.165) is 0 Å². The largest absolute Gasteiger partial charge is 0.337 e. The lowest BCUT2D eigenvalue weighted by molar-refractivity contribution is 0.402. The summed E-state index contributed by atoms with van der Waals surface area (Å²) in [6.07, 6.45) is 5.45. The molecule has 2 aromatic rings. The standard InChI is InChI=1S/C11H16N6O2S/c1-9-14-11(8-15(9)2)20(18,19)16-6-3-10(7-16)17-12-4-5-13-17/h4-5,8,10H,3,6-7H2,1-2H3/t10-/m0/s1. The first-order valence-electron chi connectivity index (χ1n) is 6.34. The number of sulfonamides is 1. The number of rotatable bonds is 3. The molecule has 0 aromatic carbocycles. The van der Waals surface area contributed by atoms with Crippen molar-refractivity contribution in [3.8, 4) is 0 Å². The zero-order valence-corrected chi connectivity index (χ0v) is 12.2. The van der Waals surface area contributed by atoms with Crippen molar-refractivity contribution >= 4 is 10.0 Å². The van der Waals surface area contributed by atoms with Crippen molar-refractivity contribution in [1.82, 2.24) is 28.9 Å². The molecule has 1 saturated heterocycles. The molecule has 0 radical (unpaired) electrons. The van der Waals surface area contributed by atoms with E-state index in [2.05, 4.69) is 15.2 Å². The highest BCUT2D eigenvalue weighted by Gasteiger charge is 2.35. The highest BCUT2D eigenvalue weighted by Crippen LogP contribution is 2.25. The zero-order valence-electron chi connectivity index (χ0n) is 11.3. The fourth-order valence-electron chi connectivity index (χ4n) is 2.31. The zero-order chi connectivity index (χ0) is 14.3. The van der Waals surface area contributed by atoms with Crippen molar-refractivity contribution in [3.05, 3.63) is 24.4 Å². The Morgan fingerprint density at radius 3 is 2.60 bits per heavy atom.